The second kappa shape index (κ2) is 13.1. The van der Waals surface area contributed by atoms with Gasteiger partial charge in [-0.2, -0.15) is 0 Å². The molecule has 0 spiro atoms. The van der Waals surface area contributed by atoms with Crippen LogP contribution in [0.3, 0.4) is 0 Å². The molecular formula is C19H30N6O4. The Morgan fingerprint density at radius 2 is 1.62 bits per heavy atom. The molecule has 0 radical (unpaired) electrons. The van der Waals surface area contributed by atoms with Gasteiger partial charge >= 0.3 is 5.97 Å². The number of nitrogens with two attached hydrogens (primary N) is 3. The van der Waals surface area contributed by atoms with E-state index in [0.29, 0.717) is 31.4 Å². The highest BCUT2D eigenvalue weighted by molar-refractivity contribution is 5.98. The number of nitrogens with one attached hydrogen (secondary N) is 2. The summed E-state index contributed by atoms with van der Waals surface area (Å²) in [5.41, 5.74) is 16.4. The third kappa shape index (κ3) is 9.56. The fourth-order valence-electron chi connectivity index (χ4n) is 2.63. The van der Waals surface area contributed by atoms with E-state index in [1.54, 1.807) is 30.3 Å². The summed E-state index contributed by atoms with van der Waals surface area (Å²) in [4.78, 5) is 40.4. The molecule has 0 aliphatic rings. The predicted octanol–water partition coefficient (Wildman–Crippen LogP) is -0.463. The van der Waals surface area contributed by atoms with Gasteiger partial charge in [0.2, 0.25) is 5.91 Å². The van der Waals surface area contributed by atoms with Gasteiger partial charge in [0.15, 0.2) is 5.96 Å². The molecule has 1 rings (SSSR count). The molecule has 9 N–H and O–H groups in total. The first-order valence-electron chi connectivity index (χ1n) is 9.49. The fraction of sp³-hybridized carbons (Fsp3) is 0.474. The minimum Gasteiger partial charge on any atom is -0.480 e. The quantitative estimate of drug-likeness (QED) is 0.145. The molecule has 10 heteroatoms. The summed E-state index contributed by atoms with van der Waals surface area (Å²) in [7, 11) is 0. The van der Waals surface area contributed by atoms with Crippen molar-refractivity contribution < 1.29 is 19.5 Å². The van der Waals surface area contributed by atoms with Crippen molar-refractivity contribution in [3.63, 3.8) is 0 Å². The molecule has 1 aromatic rings. The minimum absolute atomic E-state index is 0.0647. The molecule has 160 valence electrons. The Hall–Kier alpha value is -3.14. The Morgan fingerprint density at radius 3 is 2.21 bits per heavy atom. The number of unbranched alkanes of at least 4 members (excludes halogenated alkanes) is 1. The average Bonchev–Trinajstić information content (AvgIpc) is 2.69. The number of aliphatic imine (C=N–C) groups is 1. The first kappa shape index (κ1) is 23.9. The van der Waals surface area contributed by atoms with Gasteiger partial charge in [-0.05, 0) is 50.8 Å². The van der Waals surface area contributed by atoms with Crippen molar-refractivity contribution in [1.29, 1.82) is 0 Å². The fourth-order valence-corrected chi connectivity index (χ4v) is 2.63. The summed E-state index contributed by atoms with van der Waals surface area (Å²) in [6.07, 6.45) is 2.16. The predicted molar refractivity (Wildman–Crippen MR) is 110 cm³/mol. The van der Waals surface area contributed by atoms with Gasteiger partial charge in [-0.1, -0.05) is 18.2 Å². The van der Waals surface area contributed by atoms with Crippen molar-refractivity contribution in [2.75, 3.05) is 13.1 Å². The molecule has 10 nitrogen and oxygen atoms in total. The molecule has 0 unspecified atom stereocenters. The van der Waals surface area contributed by atoms with E-state index >= 15 is 0 Å². The van der Waals surface area contributed by atoms with E-state index in [-0.39, 0.29) is 25.3 Å². The number of carbonyl (C=O) groups excluding carboxylic acids is 2. The van der Waals surface area contributed by atoms with E-state index in [2.05, 4.69) is 15.6 Å². The van der Waals surface area contributed by atoms with Crippen LogP contribution in [0, 0.1) is 0 Å². The summed E-state index contributed by atoms with van der Waals surface area (Å²) in [6, 6.07) is 6.46. The third-order valence-corrected chi connectivity index (χ3v) is 4.16. The van der Waals surface area contributed by atoms with Crippen LogP contribution >= 0.6 is 0 Å². The Kier molecular flexibility index (Phi) is 10.8. The number of carbonyl (C=O) groups is 3. The van der Waals surface area contributed by atoms with Crippen LogP contribution in [0.1, 0.15) is 42.5 Å². The van der Waals surface area contributed by atoms with E-state index in [4.69, 9.17) is 17.2 Å². The highest BCUT2D eigenvalue weighted by Gasteiger charge is 2.26. The topological polar surface area (TPSA) is 186 Å². The number of guanidine groups is 1. The Morgan fingerprint density at radius 1 is 0.966 bits per heavy atom. The van der Waals surface area contributed by atoms with Gasteiger partial charge in [-0.15, -0.1) is 0 Å². The number of carboxylic acid groups (broad SMARTS) is 1. The number of hydrogen-bond acceptors (Lipinski definition) is 5. The van der Waals surface area contributed by atoms with Crippen molar-refractivity contribution in [2.45, 2.75) is 44.2 Å². The second-order valence-electron chi connectivity index (χ2n) is 6.52. The van der Waals surface area contributed by atoms with E-state index in [1.807, 2.05) is 0 Å². The van der Waals surface area contributed by atoms with Gasteiger partial charge in [0.25, 0.3) is 5.91 Å². The molecule has 0 bridgehead atoms. The number of rotatable bonds is 13. The van der Waals surface area contributed by atoms with Crippen molar-refractivity contribution in [3.8, 4) is 0 Å². The highest BCUT2D eigenvalue weighted by atomic mass is 16.4. The maximum Gasteiger partial charge on any atom is 0.326 e. The van der Waals surface area contributed by atoms with Crippen LogP contribution in [0.2, 0.25) is 0 Å². The molecule has 0 heterocycles. The zero-order chi connectivity index (χ0) is 21.6. The summed E-state index contributed by atoms with van der Waals surface area (Å²) < 4.78 is 0. The maximum absolute atomic E-state index is 12.7. The standard InChI is InChI=1S/C19H30N6O4/c20-11-5-4-9-15(18(28)29)25-17(27)14(10-6-12-23-19(21)22)24-16(26)13-7-2-1-3-8-13/h1-3,7-8,14-15H,4-6,9-12,20H2,(H,24,26)(H,25,27)(H,28,29)(H4,21,22,23)/t14-,15-/m0/s1. The van der Waals surface area contributed by atoms with Crippen LogP contribution in [-0.2, 0) is 9.59 Å². The number of hydrogen-bond donors (Lipinski definition) is 6. The Bertz CT molecular complexity index is 691. The molecule has 0 aliphatic carbocycles. The molecule has 0 fully saturated rings. The summed E-state index contributed by atoms with van der Waals surface area (Å²) in [6.45, 7) is 0.729. The second-order valence-corrected chi connectivity index (χ2v) is 6.52. The van der Waals surface area contributed by atoms with Gasteiger partial charge in [0.1, 0.15) is 12.1 Å². The lowest BCUT2D eigenvalue weighted by atomic mass is 10.1. The van der Waals surface area contributed by atoms with Gasteiger partial charge in [-0.3, -0.25) is 14.6 Å². The monoisotopic (exact) mass is 406 g/mol. The Balaban J connectivity index is 2.81. The van der Waals surface area contributed by atoms with E-state index in [9.17, 15) is 19.5 Å². The third-order valence-electron chi connectivity index (χ3n) is 4.16. The molecule has 29 heavy (non-hydrogen) atoms. The first-order valence-corrected chi connectivity index (χ1v) is 9.49. The van der Waals surface area contributed by atoms with Gasteiger partial charge in [-0.25, -0.2) is 4.79 Å². The van der Waals surface area contributed by atoms with Crippen LogP contribution in [0.5, 0.6) is 0 Å². The van der Waals surface area contributed by atoms with Crippen molar-refractivity contribution >= 4 is 23.7 Å². The first-order chi connectivity index (χ1) is 13.8. The molecular weight excluding hydrogens is 376 g/mol. The summed E-state index contributed by atoms with van der Waals surface area (Å²) in [5.74, 6) is -2.20. The van der Waals surface area contributed by atoms with Gasteiger partial charge in [0.05, 0.1) is 0 Å². The zero-order valence-corrected chi connectivity index (χ0v) is 16.3. The van der Waals surface area contributed by atoms with E-state index in [1.165, 1.54) is 0 Å². The van der Waals surface area contributed by atoms with Crippen LogP contribution in [0.4, 0.5) is 0 Å². The van der Waals surface area contributed by atoms with Crippen LogP contribution in [-0.4, -0.2) is 54.0 Å². The molecule has 0 saturated heterocycles. The molecule has 2 atom stereocenters. The summed E-state index contributed by atoms with van der Waals surface area (Å²) in [5, 5.41) is 14.5. The zero-order valence-electron chi connectivity index (χ0n) is 16.3. The van der Waals surface area contributed by atoms with Crippen molar-refractivity contribution in [2.24, 2.45) is 22.2 Å². The van der Waals surface area contributed by atoms with Gasteiger partial charge in [0, 0.05) is 12.1 Å². The normalized spacial score (nSPS) is 12.4. The number of carboxylic acids is 1. The SMILES string of the molecule is NCCCC[C@H](NC(=O)[C@H](CCCN=C(N)N)NC(=O)c1ccccc1)C(=O)O. The number of amides is 2. The lowest BCUT2D eigenvalue weighted by Crippen LogP contribution is -2.51. The van der Waals surface area contributed by atoms with Crippen molar-refractivity contribution in [1.82, 2.24) is 10.6 Å². The largest absolute Gasteiger partial charge is 0.480 e. The van der Waals surface area contributed by atoms with Crippen LogP contribution < -0.4 is 27.8 Å². The maximum atomic E-state index is 12.7. The lowest BCUT2D eigenvalue weighted by molar-refractivity contribution is -0.142. The smallest absolute Gasteiger partial charge is 0.326 e. The molecule has 0 saturated carbocycles. The van der Waals surface area contributed by atoms with Crippen LogP contribution in [0.15, 0.2) is 35.3 Å². The molecule has 2 amide bonds. The minimum atomic E-state index is -1.14. The average molecular weight is 406 g/mol. The summed E-state index contributed by atoms with van der Waals surface area (Å²) >= 11 is 0. The van der Waals surface area contributed by atoms with Gasteiger partial charge < -0.3 is 32.9 Å². The highest BCUT2D eigenvalue weighted by Crippen LogP contribution is 2.06. The number of nitrogens with zero attached hydrogens (tertiary/aromatic N) is 1. The number of aliphatic carboxylic acids is 1. The van der Waals surface area contributed by atoms with E-state index in [0.717, 1.165) is 0 Å². The van der Waals surface area contributed by atoms with Crippen LogP contribution in [0.25, 0.3) is 0 Å². The molecule has 0 aliphatic heterocycles. The molecule has 0 aromatic heterocycles. The molecule has 1 aromatic carbocycles. The van der Waals surface area contributed by atoms with Crippen molar-refractivity contribution in [3.05, 3.63) is 35.9 Å². The lowest BCUT2D eigenvalue weighted by Gasteiger charge is -2.21. The van der Waals surface area contributed by atoms with E-state index < -0.39 is 29.9 Å². The number of benzene rings is 1. The Labute approximate surface area is 169 Å².